The lowest BCUT2D eigenvalue weighted by Gasteiger charge is -2.15. The molecule has 1 amide bonds. The zero-order valence-corrected chi connectivity index (χ0v) is 15.7. The van der Waals surface area contributed by atoms with Crippen LogP contribution in [0.5, 0.6) is 0 Å². The molecule has 8 heteroatoms. The topological polar surface area (TPSA) is 84.3 Å². The van der Waals surface area contributed by atoms with Crippen LogP contribution >= 0.6 is 0 Å². The van der Waals surface area contributed by atoms with Gasteiger partial charge in [0.05, 0.1) is 11.1 Å². The molecule has 0 unspecified atom stereocenters. The maximum absolute atomic E-state index is 12.5. The summed E-state index contributed by atoms with van der Waals surface area (Å²) < 4.78 is 28.3. The van der Waals surface area contributed by atoms with E-state index in [-0.39, 0.29) is 10.8 Å². The van der Waals surface area contributed by atoms with Gasteiger partial charge < -0.3 is 5.32 Å². The number of aryl methyl sites for hydroxylation is 2. The number of nitrogens with zero attached hydrogens (tertiary/aromatic N) is 3. The third-order valence-electron chi connectivity index (χ3n) is 4.43. The fourth-order valence-electron chi connectivity index (χ4n) is 2.99. The Morgan fingerprint density at radius 1 is 1.19 bits per heavy atom. The first-order valence-electron chi connectivity index (χ1n) is 8.84. The second kappa shape index (κ2) is 8.01. The zero-order chi connectivity index (χ0) is 18.6. The summed E-state index contributed by atoms with van der Waals surface area (Å²) in [7, 11) is -3.44. The van der Waals surface area contributed by atoms with E-state index in [4.69, 9.17) is 0 Å². The van der Waals surface area contributed by atoms with Crippen LogP contribution in [0.25, 0.3) is 0 Å². The Hall–Kier alpha value is -2.19. The number of carbonyl (C=O) groups is 1. The van der Waals surface area contributed by atoms with Gasteiger partial charge in [0.25, 0.3) is 5.91 Å². The lowest BCUT2D eigenvalue weighted by atomic mass is 10.2. The molecule has 3 rings (SSSR count). The number of rotatable bonds is 7. The van der Waals surface area contributed by atoms with Gasteiger partial charge in [-0.25, -0.2) is 8.42 Å². The molecular formula is C18H24N4O3S. The second-order valence-corrected chi connectivity index (χ2v) is 8.46. The van der Waals surface area contributed by atoms with E-state index in [2.05, 4.69) is 10.4 Å². The van der Waals surface area contributed by atoms with Crippen molar-refractivity contribution >= 4 is 15.9 Å². The van der Waals surface area contributed by atoms with Crippen molar-refractivity contribution in [1.82, 2.24) is 19.4 Å². The van der Waals surface area contributed by atoms with Gasteiger partial charge in [0.2, 0.25) is 10.0 Å². The Kier molecular flexibility index (Phi) is 5.73. The molecule has 1 aliphatic heterocycles. The third kappa shape index (κ3) is 4.31. The maximum atomic E-state index is 12.5. The number of hydrogen-bond donors (Lipinski definition) is 1. The summed E-state index contributed by atoms with van der Waals surface area (Å²) >= 11 is 0. The van der Waals surface area contributed by atoms with Gasteiger partial charge in [-0.2, -0.15) is 9.40 Å². The molecule has 1 aromatic heterocycles. The van der Waals surface area contributed by atoms with Crippen LogP contribution < -0.4 is 5.32 Å². The Labute approximate surface area is 154 Å². The van der Waals surface area contributed by atoms with E-state index in [9.17, 15) is 13.2 Å². The molecule has 140 valence electrons. The maximum Gasteiger partial charge on any atom is 0.251 e. The van der Waals surface area contributed by atoms with Crippen molar-refractivity contribution in [3.05, 3.63) is 47.8 Å². The van der Waals surface area contributed by atoms with Gasteiger partial charge in [-0.3, -0.25) is 9.48 Å². The molecule has 0 saturated carbocycles. The SMILES string of the molecule is Cc1cnn(CCCNC(=O)c2ccc(S(=O)(=O)N3CCCC3)cc2)c1. The van der Waals surface area contributed by atoms with E-state index in [1.807, 2.05) is 17.8 Å². The van der Waals surface area contributed by atoms with E-state index in [0.29, 0.717) is 25.2 Å². The highest BCUT2D eigenvalue weighted by Crippen LogP contribution is 2.21. The molecule has 0 spiro atoms. The summed E-state index contributed by atoms with van der Waals surface area (Å²) in [5.74, 6) is -0.202. The van der Waals surface area contributed by atoms with Gasteiger partial charge >= 0.3 is 0 Å². The second-order valence-electron chi connectivity index (χ2n) is 6.53. The number of hydrogen-bond acceptors (Lipinski definition) is 4. The molecule has 1 aromatic carbocycles. The van der Waals surface area contributed by atoms with E-state index < -0.39 is 10.0 Å². The van der Waals surface area contributed by atoms with Crippen LogP contribution in [-0.2, 0) is 16.6 Å². The Morgan fingerprint density at radius 2 is 1.88 bits per heavy atom. The van der Waals surface area contributed by atoms with E-state index in [1.54, 1.807) is 18.3 Å². The van der Waals surface area contributed by atoms with Crippen molar-refractivity contribution in [2.45, 2.75) is 37.6 Å². The summed E-state index contributed by atoms with van der Waals surface area (Å²) in [6.45, 7) is 4.40. The molecule has 1 aliphatic rings. The summed E-state index contributed by atoms with van der Waals surface area (Å²) in [6.07, 6.45) is 6.33. The lowest BCUT2D eigenvalue weighted by molar-refractivity contribution is 0.0952. The van der Waals surface area contributed by atoms with Gasteiger partial charge in [-0.15, -0.1) is 0 Å². The van der Waals surface area contributed by atoms with E-state index in [1.165, 1.54) is 16.4 Å². The molecule has 1 fully saturated rings. The zero-order valence-electron chi connectivity index (χ0n) is 14.9. The fourth-order valence-corrected chi connectivity index (χ4v) is 4.51. The number of amides is 1. The number of benzene rings is 1. The Balaban J connectivity index is 1.52. The quantitative estimate of drug-likeness (QED) is 0.747. The van der Waals surface area contributed by atoms with Crippen molar-refractivity contribution in [1.29, 1.82) is 0 Å². The monoisotopic (exact) mass is 376 g/mol. The van der Waals surface area contributed by atoms with Crippen LogP contribution in [0.15, 0.2) is 41.6 Å². The standard InChI is InChI=1S/C18H24N4O3S/c1-15-13-20-21(14-15)10-4-9-19-18(23)16-5-7-17(8-6-16)26(24,25)22-11-2-3-12-22/h5-8,13-14H,2-4,9-12H2,1H3,(H,19,23). The molecular weight excluding hydrogens is 352 g/mol. The van der Waals surface area contributed by atoms with Crippen LogP contribution in [0, 0.1) is 6.92 Å². The van der Waals surface area contributed by atoms with Crippen LogP contribution in [0.3, 0.4) is 0 Å². The molecule has 7 nitrogen and oxygen atoms in total. The minimum absolute atomic E-state index is 0.202. The van der Waals surface area contributed by atoms with Gasteiger partial charge in [-0.05, 0) is 56.0 Å². The molecule has 0 atom stereocenters. The molecule has 1 N–H and O–H groups in total. The molecule has 1 saturated heterocycles. The van der Waals surface area contributed by atoms with E-state index in [0.717, 1.165) is 31.4 Å². The van der Waals surface area contributed by atoms with Crippen molar-refractivity contribution in [3.63, 3.8) is 0 Å². The van der Waals surface area contributed by atoms with Gasteiger partial charge in [0.1, 0.15) is 0 Å². The largest absolute Gasteiger partial charge is 0.352 e. The summed E-state index contributed by atoms with van der Waals surface area (Å²) in [6, 6.07) is 6.15. The van der Waals surface area contributed by atoms with Crippen LogP contribution in [0.4, 0.5) is 0 Å². The predicted octanol–water partition coefficient (Wildman–Crippen LogP) is 1.80. The average Bonchev–Trinajstić information content (AvgIpc) is 3.31. The number of nitrogens with one attached hydrogen (secondary N) is 1. The summed E-state index contributed by atoms with van der Waals surface area (Å²) in [4.78, 5) is 12.4. The third-order valence-corrected chi connectivity index (χ3v) is 6.34. The molecule has 0 bridgehead atoms. The average molecular weight is 376 g/mol. The van der Waals surface area contributed by atoms with Crippen LogP contribution in [0.1, 0.15) is 35.2 Å². The predicted molar refractivity (Wildman–Crippen MR) is 98.3 cm³/mol. The number of aromatic nitrogens is 2. The lowest BCUT2D eigenvalue weighted by Crippen LogP contribution is -2.28. The molecule has 0 aliphatic carbocycles. The molecule has 26 heavy (non-hydrogen) atoms. The Bertz CT molecular complexity index is 853. The van der Waals surface area contributed by atoms with Crippen molar-refractivity contribution in [2.75, 3.05) is 19.6 Å². The van der Waals surface area contributed by atoms with Crippen LogP contribution in [0.2, 0.25) is 0 Å². The highest BCUT2D eigenvalue weighted by molar-refractivity contribution is 7.89. The Morgan fingerprint density at radius 3 is 2.50 bits per heavy atom. The summed E-state index contributed by atoms with van der Waals surface area (Å²) in [5, 5.41) is 7.05. The molecule has 0 radical (unpaired) electrons. The van der Waals surface area contributed by atoms with Crippen molar-refractivity contribution in [3.8, 4) is 0 Å². The highest BCUT2D eigenvalue weighted by Gasteiger charge is 2.27. The first kappa shape index (κ1) is 18.6. The normalized spacial score (nSPS) is 15.3. The summed E-state index contributed by atoms with van der Waals surface area (Å²) in [5.41, 5.74) is 1.57. The molecule has 2 heterocycles. The highest BCUT2D eigenvalue weighted by atomic mass is 32.2. The van der Waals surface area contributed by atoms with Crippen molar-refractivity contribution in [2.24, 2.45) is 0 Å². The van der Waals surface area contributed by atoms with Crippen molar-refractivity contribution < 1.29 is 13.2 Å². The van der Waals surface area contributed by atoms with Crippen LogP contribution in [-0.4, -0.2) is 48.0 Å². The molecule has 2 aromatic rings. The fraction of sp³-hybridized carbons (Fsp3) is 0.444. The minimum atomic E-state index is -3.44. The van der Waals surface area contributed by atoms with Gasteiger partial charge in [-0.1, -0.05) is 0 Å². The van der Waals surface area contributed by atoms with Gasteiger partial charge in [0.15, 0.2) is 0 Å². The first-order chi connectivity index (χ1) is 12.5. The minimum Gasteiger partial charge on any atom is -0.352 e. The van der Waals surface area contributed by atoms with E-state index >= 15 is 0 Å². The number of sulfonamides is 1. The first-order valence-corrected chi connectivity index (χ1v) is 10.3. The van der Waals surface area contributed by atoms with Gasteiger partial charge in [0, 0.05) is 37.9 Å². The number of carbonyl (C=O) groups excluding carboxylic acids is 1. The smallest absolute Gasteiger partial charge is 0.251 e.